The lowest BCUT2D eigenvalue weighted by Crippen LogP contribution is -2.27. The third-order valence-electron chi connectivity index (χ3n) is 3.58. The van der Waals surface area contributed by atoms with Crippen LogP contribution < -0.4 is 0 Å². The molecule has 96 valence electrons. The van der Waals surface area contributed by atoms with Gasteiger partial charge in [0.1, 0.15) is 5.76 Å². The normalized spacial score (nSPS) is 18.8. The molecule has 2 rings (SSSR count). The van der Waals surface area contributed by atoms with Gasteiger partial charge in [0.05, 0.1) is 5.56 Å². The summed E-state index contributed by atoms with van der Waals surface area (Å²) in [5.41, 5.74) is 2.96. The molecule has 1 aromatic rings. The van der Waals surface area contributed by atoms with Crippen molar-refractivity contribution in [2.45, 2.75) is 40.5 Å². The molecular weight excluding hydrogens is 230 g/mol. The van der Waals surface area contributed by atoms with Gasteiger partial charge >= 0.3 is 0 Å². The van der Waals surface area contributed by atoms with Crippen LogP contribution in [0, 0.1) is 12.8 Å². The number of hydrogen-bond acceptors (Lipinski definition) is 4. The van der Waals surface area contributed by atoms with Crippen LogP contribution in [0.3, 0.4) is 0 Å². The minimum Gasteiger partial charge on any atom is -0.360 e. The van der Waals surface area contributed by atoms with Crippen molar-refractivity contribution >= 4 is 11.6 Å². The number of rotatable bonds is 2. The predicted octanol–water partition coefficient (Wildman–Crippen LogP) is 3.11. The van der Waals surface area contributed by atoms with E-state index in [1.165, 1.54) is 11.1 Å². The summed E-state index contributed by atoms with van der Waals surface area (Å²) in [7, 11) is 0. The van der Waals surface area contributed by atoms with Crippen LogP contribution in [0.4, 0.5) is 0 Å². The third kappa shape index (κ3) is 2.03. The van der Waals surface area contributed by atoms with Crippen molar-refractivity contribution in [3.8, 4) is 0 Å². The Labute approximate surface area is 106 Å². The molecule has 0 saturated carbocycles. The first-order chi connectivity index (χ1) is 8.41. The molecule has 0 saturated heterocycles. The highest BCUT2D eigenvalue weighted by atomic mass is 16.5. The quantitative estimate of drug-likeness (QED) is 0.753. The second-order valence-electron chi connectivity index (χ2n) is 5.14. The van der Waals surface area contributed by atoms with Gasteiger partial charge in [0.25, 0.3) is 0 Å². The molecule has 0 spiro atoms. The molecule has 1 atom stereocenters. The van der Waals surface area contributed by atoms with Gasteiger partial charge in [-0.3, -0.25) is 9.59 Å². The SMILES string of the molecule is CC(C)=C(C)CC1CC(=O)c2noc(C)c2C1=O. The Morgan fingerprint density at radius 3 is 2.61 bits per heavy atom. The Bertz CT molecular complexity index is 547. The van der Waals surface area contributed by atoms with Gasteiger partial charge in [-0.2, -0.15) is 0 Å². The summed E-state index contributed by atoms with van der Waals surface area (Å²) in [6, 6.07) is 0. The number of Topliss-reactive ketones (excluding diaryl/α,β-unsaturated/α-hetero) is 2. The standard InChI is InChI=1S/C14H17NO3/c1-7(2)8(3)5-10-6-11(16)13-12(14(10)17)9(4)18-15-13/h10H,5-6H2,1-4H3. The van der Waals surface area contributed by atoms with Gasteiger partial charge in [-0.1, -0.05) is 16.3 Å². The van der Waals surface area contributed by atoms with Gasteiger partial charge in [0.2, 0.25) is 0 Å². The van der Waals surface area contributed by atoms with E-state index in [-0.39, 0.29) is 29.6 Å². The van der Waals surface area contributed by atoms with Crippen molar-refractivity contribution in [3.05, 3.63) is 28.2 Å². The molecule has 4 heteroatoms. The zero-order valence-corrected chi connectivity index (χ0v) is 11.2. The van der Waals surface area contributed by atoms with Crippen LogP contribution >= 0.6 is 0 Å². The van der Waals surface area contributed by atoms with Crippen LogP contribution in [0.15, 0.2) is 15.7 Å². The molecular formula is C14H17NO3. The van der Waals surface area contributed by atoms with Gasteiger partial charge in [0.15, 0.2) is 17.3 Å². The lowest BCUT2D eigenvalue weighted by molar-refractivity contribution is 0.0820. The first kappa shape index (κ1) is 12.7. The summed E-state index contributed by atoms with van der Waals surface area (Å²) in [5, 5.41) is 3.68. The van der Waals surface area contributed by atoms with Crippen LogP contribution in [0.25, 0.3) is 0 Å². The number of carbonyl (C=O) groups is 2. The van der Waals surface area contributed by atoms with Crippen molar-refractivity contribution in [1.82, 2.24) is 5.16 Å². The van der Waals surface area contributed by atoms with Crippen molar-refractivity contribution in [2.24, 2.45) is 5.92 Å². The van der Waals surface area contributed by atoms with Crippen LogP contribution in [-0.2, 0) is 0 Å². The maximum Gasteiger partial charge on any atom is 0.186 e. The number of nitrogens with zero attached hydrogens (tertiary/aromatic N) is 1. The fourth-order valence-corrected chi connectivity index (χ4v) is 2.21. The average molecular weight is 247 g/mol. The zero-order chi connectivity index (χ0) is 13.4. The van der Waals surface area contributed by atoms with E-state index < -0.39 is 0 Å². The molecule has 0 N–H and O–H groups in total. The Balaban J connectivity index is 2.34. The number of carbonyl (C=O) groups excluding carboxylic acids is 2. The monoisotopic (exact) mass is 247 g/mol. The number of hydrogen-bond donors (Lipinski definition) is 0. The predicted molar refractivity (Wildman–Crippen MR) is 66.7 cm³/mol. The Kier molecular flexibility index (Phi) is 3.20. The van der Waals surface area contributed by atoms with Crippen molar-refractivity contribution in [3.63, 3.8) is 0 Å². The Morgan fingerprint density at radius 1 is 1.33 bits per heavy atom. The van der Waals surface area contributed by atoms with Crippen LogP contribution in [0.5, 0.6) is 0 Å². The first-order valence-electron chi connectivity index (χ1n) is 6.08. The number of aryl methyl sites for hydroxylation is 1. The topological polar surface area (TPSA) is 60.2 Å². The van der Waals surface area contributed by atoms with Gasteiger partial charge in [0, 0.05) is 12.3 Å². The number of aromatic nitrogens is 1. The van der Waals surface area contributed by atoms with E-state index >= 15 is 0 Å². The summed E-state index contributed by atoms with van der Waals surface area (Å²) < 4.78 is 4.96. The van der Waals surface area contributed by atoms with E-state index in [4.69, 9.17) is 4.52 Å². The highest BCUT2D eigenvalue weighted by molar-refractivity contribution is 6.14. The molecule has 0 bridgehead atoms. The van der Waals surface area contributed by atoms with Crippen LogP contribution in [0.2, 0.25) is 0 Å². The molecule has 1 aliphatic rings. The van der Waals surface area contributed by atoms with Crippen molar-refractivity contribution in [2.75, 3.05) is 0 Å². The summed E-state index contributed by atoms with van der Waals surface area (Å²) >= 11 is 0. The van der Waals surface area contributed by atoms with E-state index in [9.17, 15) is 9.59 Å². The molecule has 0 aliphatic heterocycles. The average Bonchev–Trinajstić information content (AvgIpc) is 2.68. The van der Waals surface area contributed by atoms with Gasteiger partial charge in [-0.05, 0) is 34.1 Å². The molecule has 1 aromatic heterocycles. The van der Waals surface area contributed by atoms with Gasteiger partial charge in [-0.15, -0.1) is 0 Å². The van der Waals surface area contributed by atoms with Crippen LogP contribution in [-0.4, -0.2) is 16.7 Å². The molecule has 0 aromatic carbocycles. The Morgan fingerprint density at radius 2 is 2.00 bits per heavy atom. The number of ketones is 2. The summed E-state index contributed by atoms with van der Waals surface area (Å²) in [6.07, 6.45) is 0.874. The number of allylic oxidation sites excluding steroid dienone is 2. The zero-order valence-electron chi connectivity index (χ0n) is 11.2. The van der Waals surface area contributed by atoms with E-state index in [1.807, 2.05) is 20.8 Å². The highest BCUT2D eigenvalue weighted by Crippen LogP contribution is 2.31. The van der Waals surface area contributed by atoms with E-state index in [0.29, 0.717) is 17.7 Å². The molecule has 0 radical (unpaired) electrons. The molecule has 18 heavy (non-hydrogen) atoms. The molecule has 1 aliphatic carbocycles. The molecule has 4 nitrogen and oxygen atoms in total. The molecule has 0 fully saturated rings. The molecule has 0 amide bonds. The fourth-order valence-electron chi connectivity index (χ4n) is 2.21. The minimum absolute atomic E-state index is 0.0102. The summed E-state index contributed by atoms with van der Waals surface area (Å²) in [4.78, 5) is 24.2. The Hall–Kier alpha value is -1.71. The first-order valence-corrected chi connectivity index (χ1v) is 6.08. The lowest BCUT2D eigenvalue weighted by atomic mass is 9.80. The second kappa shape index (κ2) is 4.52. The van der Waals surface area contributed by atoms with E-state index in [0.717, 1.165) is 0 Å². The van der Waals surface area contributed by atoms with Gasteiger partial charge in [-0.25, -0.2) is 0 Å². The second-order valence-corrected chi connectivity index (χ2v) is 5.14. The number of fused-ring (bicyclic) bond motifs is 1. The molecule has 1 heterocycles. The summed E-state index contributed by atoms with van der Waals surface area (Å²) in [6.45, 7) is 7.71. The maximum atomic E-state index is 12.3. The minimum atomic E-state index is -0.266. The third-order valence-corrected chi connectivity index (χ3v) is 3.58. The highest BCUT2D eigenvalue weighted by Gasteiger charge is 2.37. The van der Waals surface area contributed by atoms with E-state index in [2.05, 4.69) is 5.16 Å². The smallest absolute Gasteiger partial charge is 0.186 e. The largest absolute Gasteiger partial charge is 0.360 e. The van der Waals surface area contributed by atoms with Crippen molar-refractivity contribution < 1.29 is 14.1 Å². The van der Waals surface area contributed by atoms with Gasteiger partial charge < -0.3 is 4.52 Å². The van der Waals surface area contributed by atoms with E-state index in [1.54, 1.807) is 6.92 Å². The van der Waals surface area contributed by atoms with Crippen LogP contribution in [0.1, 0.15) is 60.2 Å². The fraction of sp³-hybridized carbons (Fsp3) is 0.500. The lowest BCUT2D eigenvalue weighted by Gasteiger charge is -2.19. The maximum absolute atomic E-state index is 12.3. The summed E-state index contributed by atoms with van der Waals surface area (Å²) in [5.74, 6) is 0.0814. The van der Waals surface area contributed by atoms with Crippen molar-refractivity contribution in [1.29, 1.82) is 0 Å². The molecule has 1 unspecified atom stereocenters.